The molecule has 0 fully saturated rings. The molecule has 0 aliphatic carbocycles. The van der Waals surface area contributed by atoms with Crippen molar-refractivity contribution in [1.29, 1.82) is 0 Å². The molecule has 0 heterocycles. The maximum Gasteiger partial charge on any atom is 0.323 e. The molecule has 0 bridgehead atoms. The predicted octanol–water partition coefficient (Wildman–Crippen LogP) is 4.89. The summed E-state index contributed by atoms with van der Waals surface area (Å²) in [6, 6.07) is 10.1. The smallest absolute Gasteiger partial charge is 0.308 e. The van der Waals surface area contributed by atoms with Gasteiger partial charge < -0.3 is 10.6 Å². The summed E-state index contributed by atoms with van der Waals surface area (Å²) < 4.78 is 13.5. The van der Waals surface area contributed by atoms with E-state index in [4.69, 9.17) is 11.6 Å². The van der Waals surface area contributed by atoms with Crippen LogP contribution >= 0.6 is 27.5 Å². The van der Waals surface area contributed by atoms with Gasteiger partial charge in [-0.15, -0.1) is 0 Å². The molecule has 0 spiro atoms. The van der Waals surface area contributed by atoms with Gasteiger partial charge in [-0.25, -0.2) is 9.18 Å². The molecule has 0 aliphatic rings. The SMILES string of the molecule is O=C(Nc1ccc(F)cc1)Nc1cc(Br)ccc1Cl. The van der Waals surface area contributed by atoms with Gasteiger partial charge in [0.05, 0.1) is 10.7 Å². The Kier molecular flexibility index (Phi) is 4.39. The third-order valence-electron chi connectivity index (χ3n) is 2.28. The van der Waals surface area contributed by atoms with Gasteiger partial charge in [0, 0.05) is 10.2 Å². The topological polar surface area (TPSA) is 41.1 Å². The van der Waals surface area contributed by atoms with Crippen LogP contribution in [0.1, 0.15) is 0 Å². The van der Waals surface area contributed by atoms with Gasteiger partial charge in [0.2, 0.25) is 0 Å². The van der Waals surface area contributed by atoms with Crippen LogP contribution in [0.3, 0.4) is 0 Å². The number of benzene rings is 2. The van der Waals surface area contributed by atoms with Crippen LogP contribution in [0.4, 0.5) is 20.6 Å². The number of carbonyl (C=O) groups is 1. The minimum Gasteiger partial charge on any atom is -0.308 e. The van der Waals surface area contributed by atoms with E-state index < -0.39 is 6.03 Å². The maximum atomic E-state index is 12.7. The van der Waals surface area contributed by atoms with Gasteiger partial charge in [-0.2, -0.15) is 0 Å². The second kappa shape index (κ2) is 6.04. The van der Waals surface area contributed by atoms with Crippen LogP contribution in [0.15, 0.2) is 46.9 Å². The van der Waals surface area contributed by atoms with Crippen LogP contribution in [0.25, 0.3) is 0 Å². The van der Waals surface area contributed by atoms with Crippen molar-refractivity contribution in [1.82, 2.24) is 0 Å². The van der Waals surface area contributed by atoms with E-state index in [9.17, 15) is 9.18 Å². The minimum absolute atomic E-state index is 0.360. The quantitative estimate of drug-likeness (QED) is 0.801. The van der Waals surface area contributed by atoms with Gasteiger partial charge in [0.25, 0.3) is 0 Å². The van der Waals surface area contributed by atoms with Crippen LogP contribution in [-0.4, -0.2) is 6.03 Å². The number of amides is 2. The first-order valence-corrected chi connectivity index (χ1v) is 6.50. The van der Waals surface area contributed by atoms with Gasteiger partial charge in [0.15, 0.2) is 0 Å². The fraction of sp³-hybridized carbons (Fsp3) is 0. The van der Waals surface area contributed by atoms with Crippen molar-refractivity contribution in [3.8, 4) is 0 Å². The zero-order valence-electron chi connectivity index (χ0n) is 9.58. The van der Waals surface area contributed by atoms with Crippen molar-refractivity contribution in [2.75, 3.05) is 10.6 Å². The van der Waals surface area contributed by atoms with Crippen molar-refractivity contribution in [3.63, 3.8) is 0 Å². The van der Waals surface area contributed by atoms with Gasteiger partial charge in [-0.3, -0.25) is 0 Å². The summed E-state index contributed by atoms with van der Waals surface area (Å²) in [7, 11) is 0. The molecule has 3 nitrogen and oxygen atoms in total. The third-order valence-corrected chi connectivity index (χ3v) is 3.10. The van der Waals surface area contributed by atoms with Crippen molar-refractivity contribution in [3.05, 3.63) is 57.8 Å². The number of hydrogen-bond acceptors (Lipinski definition) is 1. The van der Waals surface area contributed by atoms with E-state index in [1.54, 1.807) is 18.2 Å². The zero-order chi connectivity index (χ0) is 13.8. The second-order valence-corrected chi connectivity index (χ2v) is 5.03. The molecule has 2 aromatic rings. The lowest BCUT2D eigenvalue weighted by molar-refractivity contribution is 0.262. The number of nitrogens with one attached hydrogen (secondary N) is 2. The zero-order valence-corrected chi connectivity index (χ0v) is 11.9. The van der Waals surface area contributed by atoms with E-state index in [1.165, 1.54) is 24.3 Å². The van der Waals surface area contributed by atoms with Crippen molar-refractivity contribution >= 4 is 44.9 Å². The normalized spacial score (nSPS) is 10.1. The van der Waals surface area contributed by atoms with E-state index in [-0.39, 0.29) is 5.82 Å². The number of halogens is 3. The first-order chi connectivity index (χ1) is 9.04. The Morgan fingerprint density at radius 1 is 1.11 bits per heavy atom. The lowest BCUT2D eigenvalue weighted by Gasteiger charge is -2.09. The van der Waals surface area contributed by atoms with E-state index in [1.807, 2.05) is 0 Å². The molecule has 0 saturated carbocycles. The van der Waals surface area contributed by atoms with Crippen LogP contribution in [-0.2, 0) is 0 Å². The molecule has 0 saturated heterocycles. The highest BCUT2D eigenvalue weighted by Gasteiger charge is 2.06. The minimum atomic E-state index is -0.452. The molecule has 2 N–H and O–H groups in total. The molecular weight excluding hydrogens is 335 g/mol. The number of urea groups is 1. The molecule has 2 amide bonds. The van der Waals surface area contributed by atoms with Crippen LogP contribution in [0, 0.1) is 5.82 Å². The van der Waals surface area contributed by atoms with Crippen LogP contribution in [0.2, 0.25) is 5.02 Å². The standard InChI is InChI=1S/C13H9BrClFN2O/c14-8-1-6-11(15)12(7-8)18-13(19)17-10-4-2-9(16)3-5-10/h1-7H,(H2,17,18,19). The highest BCUT2D eigenvalue weighted by molar-refractivity contribution is 9.10. The van der Waals surface area contributed by atoms with E-state index in [0.29, 0.717) is 16.4 Å². The van der Waals surface area contributed by atoms with E-state index in [0.717, 1.165) is 4.47 Å². The highest BCUT2D eigenvalue weighted by atomic mass is 79.9. The monoisotopic (exact) mass is 342 g/mol. The summed E-state index contributed by atoms with van der Waals surface area (Å²) in [5.41, 5.74) is 0.973. The summed E-state index contributed by atoms with van der Waals surface area (Å²) in [5.74, 6) is -0.360. The van der Waals surface area contributed by atoms with Crippen LogP contribution < -0.4 is 10.6 Å². The number of anilines is 2. The average Bonchev–Trinajstić information content (AvgIpc) is 2.37. The molecular formula is C13H9BrClFN2O. The summed E-state index contributed by atoms with van der Waals surface area (Å²) >= 11 is 9.24. The fourth-order valence-electron chi connectivity index (χ4n) is 1.41. The Bertz CT molecular complexity index is 604. The molecule has 2 aromatic carbocycles. The van der Waals surface area contributed by atoms with Crippen molar-refractivity contribution < 1.29 is 9.18 Å². The van der Waals surface area contributed by atoms with Gasteiger partial charge >= 0.3 is 6.03 Å². The van der Waals surface area contributed by atoms with Crippen LogP contribution in [0.5, 0.6) is 0 Å². The molecule has 0 unspecified atom stereocenters. The summed E-state index contributed by atoms with van der Waals surface area (Å²) in [6.45, 7) is 0. The van der Waals surface area contributed by atoms with Crippen molar-refractivity contribution in [2.45, 2.75) is 0 Å². The van der Waals surface area contributed by atoms with E-state index >= 15 is 0 Å². The second-order valence-electron chi connectivity index (χ2n) is 3.71. The molecule has 0 aromatic heterocycles. The van der Waals surface area contributed by atoms with Gasteiger partial charge in [0.1, 0.15) is 5.82 Å². The molecule has 0 radical (unpaired) electrons. The molecule has 19 heavy (non-hydrogen) atoms. The first-order valence-electron chi connectivity index (χ1n) is 5.33. The molecule has 0 aliphatic heterocycles. The fourth-order valence-corrected chi connectivity index (χ4v) is 1.94. The summed E-state index contributed by atoms with van der Waals surface area (Å²) in [4.78, 5) is 11.7. The molecule has 98 valence electrons. The Labute approximate surface area is 122 Å². The Balaban J connectivity index is 2.05. The largest absolute Gasteiger partial charge is 0.323 e. The predicted molar refractivity (Wildman–Crippen MR) is 78.2 cm³/mol. The third kappa shape index (κ3) is 3.94. The molecule has 0 atom stereocenters. The van der Waals surface area contributed by atoms with E-state index in [2.05, 4.69) is 26.6 Å². The lowest BCUT2D eigenvalue weighted by Crippen LogP contribution is -2.19. The Morgan fingerprint density at radius 3 is 2.47 bits per heavy atom. The van der Waals surface area contributed by atoms with Gasteiger partial charge in [-0.05, 0) is 42.5 Å². The summed E-state index contributed by atoms with van der Waals surface area (Å²) in [5, 5.41) is 5.61. The Morgan fingerprint density at radius 2 is 1.79 bits per heavy atom. The summed E-state index contributed by atoms with van der Waals surface area (Å²) in [6.07, 6.45) is 0. The number of rotatable bonds is 2. The lowest BCUT2D eigenvalue weighted by atomic mass is 10.3. The number of hydrogen-bond donors (Lipinski definition) is 2. The van der Waals surface area contributed by atoms with Crippen molar-refractivity contribution in [2.24, 2.45) is 0 Å². The average molecular weight is 344 g/mol. The van der Waals surface area contributed by atoms with Gasteiger partial charge in [-0.1, -0.05) is 27.5 Å². The highest BCUT2D eigenvalue weighted by Crippen LogP contribution is 2.25. The Hall–Kier alpha value is -1.59. The first kappa shape index (κ1) is 13.8. The molecule has 2 rings (SSSR count). The number of carbonyl (C=O) groups excluding carboxylic acids is 1. The molecule has 6 heteroatoms. The maximum absolute atomic E-state index is 12.7.